The summed E-state index contributed by atoms with van der Waals surface area (Å²) >= 11 is 0. The molecule has 1 heterocycles. The smallest absolute Gasteiger partial charge is 0.270 e. The zero-order valence-corrected chi connectivity index (χ0v) is 17.0. The number of nitrogens with one attached hydrogen (secondary N) is 1. The summed E-state index contributed by atoms with van der Waals surface area (Å²) in [7, 11) is -4.16. The molecule has 0 aliphatic carbocycles. The number of allylic oxidation sites excluding steroid dienone is 1. The summed E-state index contributed by atoms with van der Waals surface area (Å²) in [5.41, 5.74) is 2.53. The molecule has 0 amide bonds. The molecule has 0 unspecified atom stereocenters. The van der Waals surface area contributed by atoms with Gasteiger partial charge in [-0.25, -0.2) is 12.8 Å². The highest BCUT2D eigenvalue weighted by molar-refractivity contribution is 7.97. The van der Waals surface area contributed by atoms with Gasteiger partial charge in [-0.2, -0.15) is 0 Å². The fraction of sp³-hybridized carbons (Fsp3) is 0.0870. The fourth-order valence-electron chi connectivity index (χ4n) is 3.27. The molecule has 7 heteroatoms. The number of para-hydroxylation sites is 2. The molecule has 1 aliphatic heterocycles. The topological polar surface area (TPSA) is 66.5 Å². The van der Waals surface area contributed by atoms with Crippen molar-refractivity contribution in [3.8, 4) is 0 Å². The van der Waals surface area contributed by atoms with Crippen LogP contribution in [0.2, 0.25) is 0 Å². The van der Waals surface area contributed by atoms with Gasteiger partial charge in [0.05, 0.1) is 17.9 Å². The number of rotatable bonds is 4. The zero-order valence-electron chi connectivity index (χ0n) is 16.2. The van der Waals surface area contributed by atoms with E-state index in [4.69, 9.17) is 0 Å². The maximum atomic E-state index is 13.9. The van der Waals surface area contributed by atoms with Gasteiger partial charge in [0.2, 0.25) is 5.78 Å². The van der Waals surface area contributed by atoms with Crippen molar-refractivity contribution in [2.45, 2.75) is 13.5 Å². The van der Waals surface area contributed by atoms with Crippen LogP contribution >= 0.6 is 0 Å². The largest absolute Gasteiger partial charge is 0.358 e. The van der Waals surface area contributed by atoms with Crippen LogP contribution in [-0.4, -0.2) is 14.2 Å². The van der Waals surface area contributed by atoms with E-state index in [0.717, 1.165) is 17.3 Å². The van der Waals surface area contributed by atoms with E-state index in [-0.39, 0.29) is 17.8 Å². The number of benzene rings is 3. The molecule has 0 saturated heterocycles. The van der Waals surface area contributed by atoms with Crippen molar-refractivity contribution in [2.75, 3.05) is 9.62 Å². The predicted molar refractivity (Wildman–Crippen MR) is 115 cm³/mol. The van der Waals surface area contributed by atoms with Crippen LogP contribution < -0.4 is 9.62 Å². The second-order valence-electron chi connectivity index (χ2n) is 6.98. The quantitative estimate of drug-likeness (QED) is 0.623. The monoisotopic (exact) mass is 422 g/mol. The van der Waals surface area contributed by atoms with Gasteiger partial charge in [-0.05, 0) is 36.8 Å². The lowest BCUT2D eigenvalue weighted by Gasteiger charge is -2.31. The number of carbonyl (C=O) groups excluding carboxylic acids is 1. The average Bonchev–Trinajstić information content (AvgIpc) is 2.73. The highest BCUT2D eigenvalue weighted by atomic mass is 32.2. The van der Waals surface area contributed by atoms with Crippen molar-refractivity contribution < 1.29 is 17.6 Å². The van der Waals surface area contributed by atoms with Gasteiger partial charge in [-0.1, -0.05) is 54.1 Å². The number of sulfonamides is 1. The molecule has 0 atom stereocenters. The minimum atomic E-state index is -4.16. The number of hydrogen-bond donors (Lipinski definition) is 1. The molecule has 0 saturated carbocycles. The Balaban J connectivity index is 1.79. The Kier molecular flexibility index (Phi) is 5.13. The SMILES string of the molecule is Cc1ccc(CN2c3ccccc3C(=O)/C(=C\Nc3ccccc3F)S2(=O)=O)cc1. The van der Waals surface area contributed by atoms with Crippen molar-refractivity contribution in [1.82, 2.24) is 0 Å². The molecule has 4 rings (SSSR count). The molecule has 0 bridgehead atoms. The Bertz CT molecular complexity index is 1250. The molecule has 152 valence electrons. The Morgan fingerprint density at radius 3 is 2.37 bits per heavy atom. The van der Waals surface area contributed by atoms with E-state index in [1.54, 1.807) is 30.3 Å². The van der Waals surface area contributed by atoms with E-state index >= 15 is 0 Å². The maximum Gasteiger partial charge on any atom is 0.270 e. The average molecular weight is 422 g/mol. The van der Waals surface area contributed by atoms with E-state index in [9.17, 15) is 17.6 Å². The van der Waals surface area contributed by atoms with Crippen LogP contribution in [0.4, 0.5) is 15.8 Å². The van der Waals surface area contributed by atoms with Gasteiger partial charge >= 0.3 is 0 Å². The normalized spacial score (nSPS) is 16.4. The first kappa shape index (κ1) is 19.8. The third-order valence-corrected chi connectivity index (χ3v) is 6.65. The van der Waals surface area contributed by atoms with Crippen LogP contribution in [0.25, 0.3) is 0 Å². The van der Waals surface area contributed by atoms with Gasteiger partial charge in [-0.3, -0.25) is 9.10 Å². The number of fused-ring (bicyclic) bond motifs is 1. The molecule has 5 nitrogen and oxygen atoms in total. The van der Waals surface area contributed by atoms with E-state index < -0.39 is 26.5 Å². The zero-order chi connectivity index (χ0) is 21.3. The van der Waals surface area contributed by atoms with Crippen LogP contribution in [0, 0.1) is 12.7 Å². The summed E-state index contributed by atoms with van der Waals surface area (Å²) in [5.74, 6) is -1.18. The first-order chi connectivity index (χ1) is 14.4. The molecule has 3 aromatic carbocycles. The molecule has 30 heavy (non-hydrogen) atoms. The summed E-state index contributed by atoms with van der Waals surface area (Å²) in [4.78, 5) is 12.5. The minimum Gasteiger partial charge on any atom is -0.358 e. The van der Waals surface area contributed by atoms with Crippen LogP contribution in [-0.2, 0) is 16.6 Å². The molecule has 0 radical (unpaired) electrons. The lowest BCUT2D eigenvalue weighted by Crippen LogP contribution is -2.39. The van der Waals surface area contributed by atoms with E-state index in [1.807, 2.05) is 31.2 Å². The van der Waals surface area contributed by atoms with Gasteiger partial charge in [-0.15, -0.1) is 0 Å². The predicted octanol–water partition coefficient (Wildman–Crippen LogP) is 4.62. The summed E-state index contributed by atoms with van der Waals surface area (Å²) in [6.07, 6.45) is 1.06. The maximum absolute atomic E-state index is 13.9. The molecular weight excluding hydrogens is 403 g/mol. The summed E-state index contributed by atoms with van der Waals surface area (Å²) in [6.45, 7) is 2.02. The highest BCUT2D eigenvalue weighted by Gasteiger charge is 2.40. The number of halogens is 1. The standard InChI is InChI=1S/C23H19FN2O3S/c1-16-10-12-17(13-11-16)15-26-21-9-5-2-6-18(21)23(27)22(30(26,28)29)14-25-20-8-4-3-7-19(20)24/h2-14,25H,15H2,1H3/b22-14+. The van der Waals surface area contributed by atoms with Crippen molar-refractivity contribution in [3.63, 3.8) is 0 Å². The Morgan fingerprint density at radius 1 is 0.967 bits per heavy atom. The molecular formula is C23H19FN2O3S. The second kappa shape index (κ2) is 7.76. The van der Waals surface area contributed by atoms with Crippen molar-refractivity contribution in [3.05, 3.63) is 106 Å². The van der Waals surface area contributed by atoms with Crippen LogP contribution in [0.5, 0.6) is 0 Å². The third-order valence-electron chi connectivity index (χ3n) is 4.89. The number of anilines is 2. The molecule has 1 aliphatic rings. The summed E-state index contributed by atoms with van der Waals surface area (Å²) < 4.78 is 41.9. The molecule has 3 aromatic rings. The van der Waals surface area contributed by atoms with E-state index in [1.165, 1.54) is 22.5 Å². The number of Topliss-reactive ketones (excluding diaryl/α,β-unsaturated/α-hetero) is 1. The lowest BCUT2D eigenvalue weighted by molar-refractivity contribution is 0.104. The molecule has 0 fully saturated rings. The Labute approximate surface area is 174 Å². The third kappa shape index (κ3) is 3.59. The van der Waals surface area contributed by atoms with Gasteiger partial charge in [0.25, 0.3) is 10.0 Å². The van der Waals surface area contributed by atoms with Gasteiger partial charge in [0, 0.05) is 11.8 Å². The first-order valence-electron chi connectivity index (χ1n) is 9.31. The second-order valence-corrected chi connectivity index (χ2v) is 8.81. The number of carbonyl (C=O) groups is 1. The van der Waals surface area contributed by atoms with E-state index in [2.05, 4.69) is 5.32 Å². The van der Waals surface area contributed by atoms with Crippen LogP contribution in [0.1, 0.15) is 21.5 Å². The Morgan fingerprint density at radius 2 is 1.63 bits per heavy atom. The fourth-order valence-corrected chi connectivity index (χ4v) is 4.80. The number of nitrogens with zero attached hydrogens (tertiary/aromatic N) is 1. The highest BCUT2D eigenvalue weighted by Crippen LogP contribution is 2.36. The molecule has 1 N–H and O–H groups in total. The number of hydrogen-bond acceptors (Lipinski definition) is 4. The number of ketones is 1. The molecule has 0 aromatic heterocycles. The van der Waals surface area contributed by atoms with Gasteiger partial charge < -0.3 is 5.32 Å². The first-order valence-corrected chi connectivity index (χ1v) is 10.8. The van der Waals surface area contributed by atoms with Crippen molar-refractivity contribution >= 4 is 27.2 Å². The van der Waals surface area contributed by atoms with Crippen LogP contribution in [0.15, 0.2) is 83.9 Å². The summed E-state index contributed by atoms with van der Waals surface area (Å²) in [6, 6.07) is 19.9. The minimum absolute atomic E-state index is 0.0734. The van der Waals surface area contributed by atoms with Crippen molar-refractivity contribution in [1.29, 1.82) is 0 Å². The Hall–Kier alpha value is -3.45. The lowest BCUT2D eigenvalue weighted by atomic mass is 10.1. The van der Waals surface area contributed by atoms with Crippen molar-refractivity contribution in [2.24, 2.45) is 0 Å². The van der Waals surface area contributed by atoms with Gasteiger partial charge in [0.1, 0.15) is 5.82 Å². The molecule has 0 spiro atoms. The summed E-state index contributed by atoms with van der Waals surface area (Å²) in [5, 5.41) is 2.63. The number of aryl methyl sites for hydroxylation is 1. The van der Waals surface area contributed by atoms with Gasteiger partial charge in [0.15, 0.2) is 4.91 Å². The van der Waals surface area contributed by atoms with E-state index in [0.29, 0.717) is 5.69 Å². The van der Waals surface area contributed by atoms with Crippen LogP contribution in [0.3, 0.4) is 0 Å².